The van der Waals surface area contributed by atoms with E-state index >= 15 is 0 Å². The Balaban J connectivity index is 0.00000161. The van der Waals surface area contributed by atoms with Gasteiger partial charge in [-0.3, -0.25) is 4.79 Å². The Morgan fingerprint density at radius 1 is 1.14 bits per heavy atom. The summed E-state index contributed by atoms with van der Waals surface area (Å²) in [5.41, 5.74) is 0.564. The van der Waals surface area contributed by atoms with Crippen molar-refractivity contribution in [3.63, 3.8) is 0 Å². The van der Waals surface area contributed by atoms with Crippen molar-refractivity contribution in [3.05, 3.63) is 35.4 Å². The van der Waals surface area contributed by atoms with E-state index in [0.717, 1.165) is 38.1 Å². The van der Waals surface area contributed by atoms with Gasteiger partial charge in [0.15, 0.2) is 11.6 Å². The highest BCUT2D eigenvalue weighted by Crippen LogP contribution is 2.37. The second kappa shape index (κ2) is 6.28. The van der Waals surface area contributed by atoms with E-state index in [0.29, 0.717) is 18.5 Å². The van der Waals surface area contributed by atoms with Gasteiger partial charge in [0.25, 0.3) is 5.91 Å². The zero-order chi connectivity index (χ0) is 14.2. The van der Waals surface area contributed by atoms with Crippen molar-refractivity contribution in [1.29, 1.82) is 0 Å². The number of piperidine rings is 1. The third kappa shape index (κ3) is 3.19. The highest BCUT2D eigenvalue weighted by atomic mass is 35.5. The lowest BCUT2D eigenvalue weighted by molar-refractivity contribution is 0.0607. The van der Waals surface area contributed by atoms with Crippen molar-refractivity contribution in [3.8, 4) is 0 Å². The third-order valence-electron chi connectivity index (χ3n) is 4.61. The Labute approximate surface area is 129 Å². The van der Waals surface area contributed by atoms with Crippen molar-refractivity contribution < 1.29 is 13.6 Å². The van der Waals surface area contributed by atoms with Gasteiger partial charge < -0.3 is 10.2 Å². The van der Waals surface area contributed by atoms with E-state index in [-0.39, 0.29) is 23.9 Å². The van der Waals surface area contributed by atoms with Crippen LogP contribution in [0.25, 0.3) is 0 Å². The van der Waals surface area contributed by atoms with Crippen LogP contribution in [0.2, 0.25) is 0 Å². The van der Waals surface area contributed by atoms with E-state index in [1.165, 1.54) is 12.5 Å². The van der Waals surface area contributed by atoms with Crippen LogP contribution in [-0.4, -0.2) is 37.0 Å². The standard InChI is InChI=1S/C15H18F2N2O.ClH/c16-12-2-1-11(9-13(12)17)14(20)19-7-4-15(5-8-19)3-6-18-10-15;/h1-2,9,18H,3-8,10H2;1H. The molecule has 21 heavy (non-hydrogen) atoms. The molecular weight excluding hydrogens is 298 g/mol. The van der Waals surface area contributed by atoms with E-state index in [1.807, 2.05) is 0 Å². The highest BCUT2D eigenvalue weighted by molar-refractivity contribution is 5.94. The predicted octanol–water partition coefficient (Wildman–Crippen LogP) is 2.60. The first-order chi connectivity index (χ1) is 9.60. The predicted molar refractivity (Wildman–Crippen MR) is 78.7 cm³/mol. The van der Waals surface area contributed by atoms with Crippen molar-refractivity contribution in [1.82, 2.24) is 10.2 Å². The van der Waals surface area contributed by atoms with Crippen LogP contribution in [-0.2, 0) is 0 Å². The van der Waals surface area contributed by atoms with Crippen molar-refractivity contribution >= 4 is 18.3 Å². The second-order valence-corrected chi connectivity index (χ2v) is 5.85. The maximum absolute atomic E-state index is 13.2. The smallest absolute Gasteiger partial charge is 0.253 e. The van der Waals surface area contributed by atoms with Crippen LogP contribution < -0.4 is 5.32 Å². The normalized spacial score (nSPS) is 20.4. The Morgan fingerprint density at radius 3 is 2.43 bits per heavy atom. The fraction of sp³-hybridized carbons (Fsp3) is 0.533. The molecular formula is C15H19ClF2N2O. The molecule has 1 amide bonds. The molecule has 0 aromatic heterocycles. The third-order valence-corrected chi connectivity index (χ3v) is 4.61. The minimum Gasteiger partial charge on any atom is -0.339 e. The van der Waals surface area contributed by atoms with E-state index < -0.39 is 11.6 Å². The van der Waals surface area contributed by atoms with Crippen molar-refractivity contribution in [2.24, 2.45) is 5.41 Å². The molecule has 1 aromatic carbocycles. The van der Waals surface area contributed by atoms with Crippen LogP contribution in [0.1, 0.15) is 29.6 Å². The van der Waals surface area contributed by atoms with Crippen LogP contribution in [0.15, 0.2) is 18.2 Å². The molecule has 0 bridgehead atoms. The molecule has 1 aromatic rings. The quantitative estimate of drug-likeness (QED) is 0.864. The average molecular weight is 317 g/mol. The van der Waals surface area contributed by atoms with Gasteiger partial charge in [0.05, 0.1) is 0 Å². The Bertz CT molecular complexity index is 522. The largest absolute Gasteiger partial charge is 0.339 e. The lowest BCUT2D eigenvalue weighted by atomic mass is 9.78. The van der Waals surface area contributed by atoms with Crippen LogP contribution in [0.4, 0.5) is 8.78 Å². The zero-order valence-electron chi connectivity index (χ0n) is 11.7. The first-order valence-electron chi connectivity index (χ1n) is 7.05. The molecule has 3 rings (SSSR count). The van der Waals surface area contributed by atoms with E-state index in [9.17, 15) is 13.6 Å². The number of carbonyl (C=O) groups is 1. The topological polar surface area (TPSA) is 32.3 Å². The average Bonchev–Trinajstić information content (AvgIpc) is 2.90. The summed E-state index contributed by atoms with van der Waals surface area (Å²) in [5, 5.41) is 3.38. The van der Waals surface area contributed by atoms with Gasteiger partial charge in [-0.15, -0.1) is 12.4 Å². The van der Waals surface area contributed by atoms with Crippen molar-refractivity contribution in [2.45, 2.75) is 19.3 Å². The Morgan fingerprint density at radius 2 is 1.86 bits per heavy atom. The fourth-order valence-corrected chi connectivity index (χ4v) is 3.22. The number of nitrogens with one attached hydrogen (secondary N) is 1. The number of carbonyl (C=O) groups excluding carboxylic acids is 1. The number of amides is 1. The number of halogens is 3. The van der Waals surface area contributed by atoms with Gasteiger partial charge in [0, 0.05) is 25.2 Å². The second-order valence-electron chi connectivity index (χ2n) is 5.85. The van der Waals surface area contributed by atoms with Crippen LogP contribution in [0.5, 0.6) is 0 Å². The van der Waals surface area contributed by atoms with Gasteiger partial charge in [-0.2, -0.15) is 0 Å². The molecule has 1 N–H and O–H groups in total. The Kier molecular flexibility index (Phi) is 4.84. The molecule has 116 valence electrons. The number of likely N-dealkylation sites (tertiary alicyclic amines) is 1. The molecule has 2 saturated heterocycles. The molecule has 2 aliphatic heterocycles. The summed E-state index contributed by atoms with van der Waals surface area (Å²) in [7, 11) is 0. The molecule has 0 radical (unpaired) electrons. The van der Waals surface area contributed by atoms with Gasteiger partial charge in [0.1, 0.15) is 0 Å². The number of rotatable bonds is 1. The van der Waals surface area contributed by atoms with Crippen LogP contribution in [0.3, 0.4) is 0 Å². The number of hydrogen-bond donors (Lipinski definition) is 1. The summed E-state index contributed by atoms with van der Waals surface area (Å²) >= 11 is 0. The summed E-state index contributed by atoms with van der Waals surface area (Å²) in [4.78, 5) is 14.0. The van der Waals surface area contributed by atoms with Gasteiger partial charge in [-0.25, -0.2) is 8.78 Å². The van der Waals surface area contributed by atoms with Gasteiger partial charge in [-0.1, -0.05) is 0 Å². The molecule has 0 saturated carbocycles. The molecule has 0 aliphatic carbocycles. The number of benzene rings is 1. The molecule has 2 fully saturated rings. The lowest BCUT2D eigenvalue weighted by Crippen LogP contribution is -2.44. The van der Waals surface area contributed by atoms with Crippen LogP contribution in [0, 0.1) is 17.0 Å². The summed E-state index contributed by atoms with van der Waals surface area (Å²) < 4.78 is 26.1. The Hall–Kier alpha value is -1.20. The maximum atomic E-state index is 13.2. The van der Waals surface area contributed by atoms with E-state index in [1.54, 1.807) is 4.90 Å². The van der Waals surface area contributed by atoms with Gasteiger partial charge >= 0.3 is 0 Å². The minimum absolute atomic E-state index is 0. The maximum Gasteiger partial charge on any atom is 0.253 e. The summed E-state index contributed by atoms with van der Waals surface area (Å²) in [6.45, 7) is 3.47. The molecule has 1 spiro atoms. The first-order valence-corrected chi connectivity index (χ1v) is 7.05. The zero-order valence-corrected chi connectivity index (χ0v) is 12.5. The highest BCUT2D eigenvalue weighted by Gasteiger charge is 2.38. The SMILES string of the molecule is Cl.O=C(c1ccc(F)c(F)c1)N1CCC2(CCNC2)CC1. The molecule has 0 atom stereocenters. The molecule has 2 heterocycles. The fourth-order valence-electron chi connectivity index (χ4n) is 3.22. The van der Waals surface area contributed by atoms with Crippen molar-refractivity contribution in [2.75, 3.05) is 26.2 Å². The number of nitrogens with zero attached hydrogens (tertiary/aromatic N) is 1. The van der Waals surface area contributed by atoms with Crippen LogP contribution >= 0.6 is 12.4 Å². The molecule has 3 nitrogen and oxygen atoms in total. The summed E-state index contributed by atoms with van der Waals surface area (Å²) in [6.07, 6.45) is 3.13. The monoisotopic (exact) mass is 316 g/mol. The van der Waals surface area contributed by atoms with Gasteiger partial charge in [-0.05, 0) is 49.4 Å². The summed E-state index contributed by atoms with van der Waals surface area (Å²) in [6, 6.07) is 3.34. The first kappa shape index (κ1) is 16.2. The number of hydrogen-bond acceptors (Lipinski definition) is 2. The molecule has 0 unspecified atom stereocenters. The van der Waals surface area contributed by atoms with E-state index in [4.69, 9.17) is 0 Å². The summed E-state index contributed by atoms with van der Waals surface area (Å²) in [5.74, 6) is -2.09. The molecule has 6 heteroatoms. The lowest BCUT2D eigenvalue weighted by Gasteiger charge is -2.38. The van der Waals surface area contributed by atoms with E-state index in [2.05, 4.69) is 5.32 Å². The van der Waals surface area contributed by atoms with Gasteiger partial charge in [0.2, 0.25) is 0 Å². The minimum atomic E-state index is -0.968. The molecule has 2 aliphatic rings.